The SMILES string of the molecule is CCCCC/C=C/C/C=C/C/C=C/C/C=C/CCCC(=O)O[C@@H](COC(=O)CCCCCCCCCCCCCCCCCCCCCCCC)COP(=O)(O)OC[C@@H](N)C(=O)O. The molecule has 3 atom stereocenters. The fourth-order valence-electron chi connectivity index (χ4n) is 6.88. The van der Waals surface area contributed by atoms with Crippen molar-refractivity contribution in [2.45, 2.75) is 238 Å². The van der Waals surface area contributed by atoms with Crippen LogP contribution in [-0.4, -0.2) is 59.9 Å². The summed E-state index contributed by atoms with van der Waals surface area (Å²) in [6, 6.07) is -1.53. The van der Waals surface area contributed by atoms with E-state index in [1.54, 1.807) is 0 Å². The van der Waals surface area contributed by atoms with Crippen LogP contribution in [0.5, 0.6) is 0 Å². The number of carbonyl (C=O) groups is 3. The second kappa shape index (κ2) is 46.0. The van der Waals surface area contributed by atoms with E-state index >= 15 is 0 Å². The maximum atomic E-state index is 12.6. The van der Waals surface area contributed by atoms with Crippen molar-refractivity contribution >= 4 is 25.7 Å². The normalized spacial score (nSPS) is 14.0. The number of rotatable bonds is 47. The van der Waals surface area contributed by atoms with Gasteiger partial charge in [-0.25, -0.2) is 4.57 Å². The first-order valence-corrected chi connectivity index (χ1v) is 26.7. The largest absolute Gasteiger partial charge is 0.480 e. The number of aliphatic carboxylic acids is 1. The third kappa shape index (κ3) is 45.8. The zero-order chi connectivity index (χ0) is 46.3. The van der Waals surface area contributed by atoms with Crippen molar-refractivity contribution in [3.63, 3.8) is 0 Å². The van der Waals surface area contributed by atoms with Crippen LogP contribution in [-0.2, 0) is 37.5 Å². The van der Waals surface area contributed by atoms with E-state index < -0.39 is 51.1 Å². The number of hydrogen-bond acceptors (Lipinski definition) is 9. The second-order valence-corrected chi connectivity index (χ2v) is 18.4. The van der Waals surface area contributed by atoms with Gasteiger partial charge in [-0.1, -0.05) is 210 Å². The Morgan fingerprint density at radius 1 is 0.492 bits per heavy atom. The predicted molar refractivity (Wildman–Crippen MR) is 258 cm³/mol. The molecule has 1 unspecified atom stereocenters. The fraction of sp³-hybridized carbons (Fsp3) is 0.784. The first-order chi connectivity index (χ1) is 30.6. The first kappa shape index (κ1) is 60.4. The molecule has 0 saturated carbocycles. The van der Waals surface area contributed by atoms with E-state index in [1.807, 2.05) is 12.2 Å². The molecule has 0 heterocycles. The molecule has 0 aliphatic rings. The number of hydrogen-bond donors (Lipinski definition) is 3. The van der Waals surface area contributed by atoms with Gasteiger partial charge < -0.3 is 25.2 Å². The standard InChI is InChI=1S/C51H92NO10P/c1-3-5-7-9-11-13-15-17-19-21-22-23-24-25-27-28-30-32-34-36-38-40-42-49(53)59-44-47(45-60-63(57,58)61-46-48(52)51(55)56)62-50(54)43-41-39-37-35-33-31-29-26-20-18-16-14-12-10-8-6-4-2/h12,14,18,20,29,31,35,37,47-48H,3-11,13,15-17,19,21-28,30,32-34,36,38-46,52H2,1-2H3,(H,55,56)(H,57,58)/b14-12+,20-18+,31-29+,37-35+/t47-,48+/m0/s1. The van der Waals surface area contributed by atoms with Gasteiger partial charge in [-0.15, -0.1) is 0 Å². The van der Waals surface area contributed by atoms with Gasteiger partial charge in [0.25, 0.3) is 0 Å². The van der Waals surface area contributed by atoms with E-state index in [-0.39, 0.29) is 19.4 Å². The zero-order valence-electron chi connectivity index (χ0n) is 39.9. The number of phosphoric ester groups is 1. The summed E-state index contributed by atoms with van der Waals surface area (Å²) in [6.45, 7) is 2.75. The molecule has 0 rings (SSSR count). The maximum Gasteiger partial charge on any atom is 0.472 e. The quantitative estimate of drug-likeness (QED) is 0.0230. The van der Waals surface area contributed by atoms with Gasteiger partial charge in [-0.05, 0) is 51.4 Å². The van der Waals surface area contributed by atoms with Gasteiger partial charge in [0.2, 0.25) is 0 Å². The van der Waals surface area contributed by atoms with Crippen LogP contribution >= 0.6 is 7.82 Å². The van der Waals surface area contributed by atoms with Gasteiger partial charge >= 0.3 is 25.7 Å². The molecule has 0 aliphatic heterocycles. The molecule has 4 N–H and O–H groups in total. The molecule has 0 aromatic rings. The van der Waals surface area contributed by atoms with Crippen molar-refractivity contribution < 1.29 is 47.5 Å². The summed E-state index contributed by atoms with van der Waals surface area (Å²) in [5, 5.41) is 8.91. The summed E-state index contributed by atoms with van der Waals surface area (Å²) in [5.74, 6) is -2.44. The molecule has 0 radical (unpaired) electrons. The first-order valence-electron chi connectivity index (χ1n) is 25.2. The minimum absolute atomic E-state index is 0.0860. The Hall–Kier alpha value is -2.56. The zero-order valence-corrected chi connectivity index (χ0v) is 40.8. The number of phosphoric acid groups is 1. The summed E-state index contributed by atoms with van der Waals surface area (Å²) in [7, 11) is -4.73. The molecule has 0 aromatic carbocycles. The van der Waals surface area contributed by atoms with Crippen molar-refractivity contribution in [2.24, 2.45) is 5.73 Å². The van der Waals surface area contributed by atoms with E-state index in [4.69, 9.17) is 24.8 Å². The second-order valence-electron chi connectivity index (χ2n) is 17.0. The summed E-state index contributed by atoms with van der Waals surface area (Å²) in [6.07, 6.45) is 53.3. The van der Waals surface area contributed by atoms with Gasteiger partial charge in [-0.2, -0.15) is 0 Å². The molecule has 12 heteroatoms. The lowest BCUT2D eigenvalue weighted by molar-refractivity contribution is -0.161. The van der Waals surface area contributed by atoms with Crippen LogP contribution in [0.3, 0.4) is 0 Å². The molecular formula is C51H92NO10P. The Bertz CT molecular complexity index is 1250. The monoisotopic (exact) mass is 910 g/mol. The number of carboxylic acid groups (broad SMARTS) is 1. The highest BCUT2D eigenvalue weighted by molar-refractivity contribution is 7.47. The third-order valence-corrected chi connectivity index (χ3v) is 11.8. The smallest absolute Gasteiger partial charge is 0.472 e. The highest BCUT2D eigenvalue weighted by atomic mass is 31.2. The number of ether oxygens (including phenoxy) is 2. The molecule has 11 nitrogen and oxygen atoms in total. The molecule has 63 heavy (non-hydrogen) atoms. The maximum absolute atomic E-state index is 12.6. The van der Waals surface area contributed by atoms with E-state index in [0.717, 1.165) is 44.9 Å². The number of unbranched alkanes of at least 4 members (excludes halogenated alkanes) is 25. The van der Waals surface area contributed by atoms with E-state index in [2.05, 4.69) is 54.8 Å². The summed E-state index contributed by atoms with van der Waals surface area (Å²) >= 11 is 0. The molecule has 0 bridgehead atoms. The van der Waals surface area contributed by atoms with E-state index in [1.165, 1.54) is 135 Å². The summed E-state index contributed by atoms with van der Waals surface area (Å²) < 4.78 is 32.8. The highest BCUT2D eigenvalue weighted by Gasteiger charge is 2.28. The molecule has 366 valence electrons. The van der Waals surface area contributed by atoms with Gasteiger partial charge in [0.05, 0.1) is 13.2 Å². The number of esters is 2. The lowest BCUT2D eigenvalue weighted by atomic mass is 10.0. The number of nitrogens with two attached hydrogens (primary N) is 1. The lowest BCUT2D eigenvalue weighted by Gasteiger charge is -2.20. The van der Waals surface area contributed by atoms with Crippen LogP contribution in [0.2, 0.25) is 0 Å². The van der Waals surface area contributed by atoms with Crippen LogP contribution in [0.25, 0.3) is 0 Å². The molecule has 0 fully saturated rings. The van der Waals surface area contributed by atoms with Crippen molar-refractivity contribution in [1.29, 1.82) is 0 Å². The Morgan fingerprint density at radius 3 is 1.30 bits per heavy atom. The van der Waals surface area contributed by atoms with Gasteiger partial charge in [0.1, 0.15) is 12.6 Å². The van der Waals surface area contributed by atoms with E-state index in [9.17, 15) is 23.8 Å². The van der Waals surface area contributed by atoms with Crippen LogP contribution in [0.15, 0.2) is 48.6 Å². The van der Waals surface area contributed by atoms with Gasteiger partial charge in [0.15, 0.2) is 6.10 Å². The average Bonchev–Trinajstić information content (AvgIpc) is 3.26. The van der Waals surface area contributed by atoms with E-state index in [0.29, 0.717) is 19.3 Å². The lowest BCUT2D eigenvalue weighted by Crippen LogP contribution is -2.34. The number of carbonyl (C=O) groups excluding carboxylic acids is 2. The Kier molecular flexibility index (Phi) is 44.1. The van der Waals surface area contributed by atoms with Crippen LogP contribution in [0.1, 0.15) is 226 Å². The molecule has 0 aromatic heterocycles. The molecule has 0 saturated heterocycles. The Labute approximate surface area is 384 Å². The summed E-state index contributed by atoms with van der Waals surface area (Å²) in [4.78, 5) is 46.1. The van der Waals surface area contributed by atoms with Gasteiger partial charge in [0, 0.05) is 12.8 Å². The fourth-order valence-corrected chi connectivity index (χ4v) is 7.66. The van der Waals surface area contributed by atoms with Crippen molar-refractivity contribution in [1.82, 2.24) is 0 Å². The Morgan fingerprint density at radius 2 is 0.857 bits per heavy atom. The van der Waals surface area contributed by atoms with Gasteiger partial charge in [-0.3, -0.25) is 23.4 Å². The summed E-state index contributed by atoms with van der Waals surface area (Å²) in [5.41, 5.74) is 5.34. The van der Waals surface area contributed by atoms with Crippen LogP contribution in [0.4, 0.5) is 0 Å². The number of carboxylic acids is 1. The van der Waals surface area contributed by atoms with Crippen LogP contribution < -0.4 is 5.73 Å². The minimum Gasteiger partial charge on any atom is -0.480 e. The molecule has 0 aliphatic carbocycles. The van der Waals surface area contributed by atoms with Crippen LogP contribution in [0, 0.1) is 0 Å². The highest BCUT2D eigenvalue weighted by Crippen LogP contribution is 2.43. The number of allylic oxidation sites excluding steroid dienone is 8. The predicted octanol–water partition coefficient (Wildman–Crippen LogP) is 14.1. The molecule has 0 amide bonds. The average molecular weight is 910 g/mol. The Balaban J connectivity index is 4.29. The minimum atomic E-state index is -4.73. The molecular weight excluding hydrogens is 818 g/mol. The third-order valence-electron chi connectivity index (χ3n) is 10.8. The van der Waals surface area contributed by atoms with Crippen molar-refractivity contribution in [3.8, 4) is 0 Å². The topological polar surface area (TPSA) is 172 Å². The van der Waals surface area contributed by atoms with Crippen molar-refractivity contribution in [2.75, 3.05) is 19.8 Å². The molecule has 0 spiro atoms. The van der Waals surface area contributed by atoms with Crippen molar-refractivity contribution in [3.05, 3.63) is 48.6 Å².